The highest BCUT2D eigenvalue weighted by molar-refractivity contribution is 14.1. The van der Waals surface area contributed by atoms with Crippen LogP contribution in [-0.2, 0) is 0 Å². The summed E-state index contributed by atoms with van der Waals surface area (Å²) in [6.45, 7) is 4.69. The zero-order chi connectivity index (χ0) is 15.1. The molecule has 0 bridgehead atoms. The van der Waals surface area contributed by atoms with Crippen molar-refractivity contribution < 1.29 is 0 Å². The Bertz CT molecular complexity index is 259. The Kier molecular flexibility index (Phi) is 8.41. The third-order valence-electron chi connectivity index (χ3n) is 6.48. The summed E-state index contributed by atoms with van der Waals surface area (Å²) in [5.74, 6) is 4.36. The molecule has 0 N–H and O–H groups in total. The Labute approximate surface area is 147 Å². The SMILES string of the molecule is CCCC1CCC(C2CCC(CCC(I)CC)CC2)CC1. The first-order valence-electron chi connectivity index (χ1n) is 9.86. The van der Waals surface area contributed by atoms with E-state index in [0.29, 0.717) is 0 Å². The number of halogens is 1. The summed E-state index contributed by atoms with van der Waals surface area (Å²) < 4.78 is 0.925. The van der Waals surface area contributed by atoms with Crippen molar-refractivity contribution in [3.05, 3.63) is 0 Å². The topological polar surface area (TPSA) is 0 Å². The Morgan fingerprint density at radius 3 is 1.67 bits per heavy atom. The molecule has 0 amide bonds. The van der Waals surface area contributed by atoms with Crippen LogP contribution in [0.25, 0.3) is 0 Å². The van der Waals surface area contributed by atoms with Crippen molar-refractivity contribution in [1.82, 2.24) is 0 Å². The molecule has 2 aliphatic rings. The van der Waals surface area contributed by atoms with E-state index in [-0.39, 0.29) is 0 Å². The lowest BCUT2D eigenvalue weighted by molar-refractivity contribution is 0.140. The van der Waals surface area contributed by atoms with Gasteiger partial charge in [0.05, 0.1) is 0 Å². The van der Waals surface area contributed by atoms with Gasteiger partial charge in [0.2, 0.25) is 0 Å². The van der Waals surface area contributed by atoms with E-state index >= 15 is 0 Å². The zero-order valence-electron chi connectivity index (χ0n) is 14.5. The van der Waals surface area contributed by atoms with Crippen molar-refractivity contribution >= 4 is 22.6 Å². The highest BCUT2D eigenvalue weighted by atomic mass is 127. The van der Waals surface area contributed by atoms with Gasteiger partial charge in [0.15, 0.2) is 0 Å². The van der Waals surface area contributed by atoms with Crippen LogP contribution in [0, 0.1) is 23.7 Å². The normalized spacial score (nSPS) is 35.6. The zero-order valence-corrected chi connectivity index (χ0v) is 16.6. The second kappa shape index (κ2) is 9.78. The first-order valence-corrected chi connectivity index (χ1v) is 11.1. The van der Waals surface area contributed by atoms with Crippen molar-refractivity contribution in [2.75, 3.05) is 0 Å². The minimum atomic E-state index is 0.925. The molecule has 0 radical (unpaired) electrons. The predicted octanol–water partition coefficient (Wildman–Crippen LogP) is 7.39. The maximum atomic E-state index is 2.65. The Hall–Kier alpha value is 0.730. The maximum absolute atomic E-state index is 2.65. The van der Waals surface area contributed by atoms with Gasteiger partial charge in [-0.1, -0.05) is 75.0 Å². The second-order valence-corrected chi connectivity index (χ2v) is 9.69. The molecule has 1 atom stereocenters. The molecule has 0 aliphatic heterocycles. The molecule has 0 saturated heterocycles. The first kappa shape index (κ1) is 18.1. The minimum absolute atomic E-state index is 0.925. The summed E-state index contributed by atoms with van der Waals surface area (Å²) in [6, 6.07) is 0. The van der Waals surface area contributed by atoms with Crippen LogP contribution in [0.15, 0.2) is 0 Å². The van der Waals surface area contributed by atoms with Gasteiger partial charge in [-0.25, -0.2) is 0 Å². The molecule has 124 valence electrons. The van der Waals surface area contributed by atoms with E-state index in [1.165, 1.54) is 32.1 Å². The van der Waals surface area contributed by atoms with E-state index < -0.39 is 0 Å². The second-order valence-electron chi connectivity index (χ2n) is 7.93. The summed E-state index contributed by atoms with van der Waals surface area (Å²) in [4.78, 5) is 0. The molecular weight excluding hydrogens is 367 g/mol. The van der Waals surface area contributed by atoms with Crippen molar-refractivity contribution in [2.24, 2.45) is 23.7 Å². The van der Waals surface area contributed by atoms with E-state index in [4.69, 9.17) is 0 Å². The van der Waals surface area contributed by atoms with E-state index in [9.17, 15) is 0 Å². The molecule has 2 saturated carbocycles. The minimum Gasteiger partial charge on any atom is -0.0826 e. The summed E-state index contributed by atoms with van der Waals surface area (Å²) in [6.07, 6.45) is 19.7. The van der Waals surface area contributed by atoms with Gasteiger partial charge in [-0.2, -0.15) is 0 Å². The molecule has 1 unspecified atom stereocenters. The van der Waals surface area contributed by atoms with Crippen LogP contribution >= 0.6 is 22.6 Å². The van der Waals surface area contributed by atoms with E-state index in [1.54, 1.807) is 51.4 Å². The van der Waals surface area contributed by atoms with Gasteiger partial charge in [0.25, 0.3) is 0 Å². The van der Waals surface area contributed by atoms with Gasteiger partial charge >= 0.3 is 0 Å². The lowest BCUT2D eigenvalue weighted by Crippen LogP contribution is -2.26. The number of hydrogen-bond donors (Lipinski definition) is 0. The lowest BCUT2D eigenvalue weighted by atomic mass is 9.68. The van der Waals surface area contributed by atoms with Gasteiger partial charge in [-0.15, -0.1) is 0 Å². The quantitative estimate of drug-likeness (QED) is 0.306. The van der Waals surface area contributed by atoms with Crippen molar-refractivity contribution in [1.29, 1.82) is 0 Å². The van der Waals surface area contributed by atoms with Crippen molar-refractivity contribution in [3.8, 4) is 0 Å². The van der Waals surface area contributed by atoms with Crippen LogP contribution < -0.4 is 0 Å². The third kappa shape index (κ3) is 6.03. The monoisotopic (exact) mass is 404 g/mol. The third-order valence-corrected chi connectivity index (χ3v) is 7.98. The average Bonchev–Trinajstić information content (AvgIpc) is 2.54. The molecule has 0 heterocycles. The van der Waals surface area contributed by atoms with Crippen LogP contribution in [0.2, 0.25) is 0 Å². The van der Waals surface area contributed by atoms with Crippen molar-refractivity contribution in [3.63, 3.8) is 0 Å². The van der Waals surface area contributed by atoms with Gasteiger partial charge in [0.1, 0.15) is 0 Å². The van der Waals surface area contributed by atoms with Crippen LogP contribution in [0.4, 0.5) is 0 Å². The van der Waals surface area contributed by atoms with Gasteiger partial charge in [-0.3, -0.25) is 0 Å². The van der Waals surface area contributed by atoms with E-state index in [2.05, 4.69) is 36.4 Å². The smallest absolute Gasteiger partial charge is 0.0107 e. The summed E-state index contributed by atoms with van der Waals surface area (Å²) in [7, 11) is 0. The fourth-order valence-corrected chi connectivity index (χ4v) is 5.29. The van der Waals surface area contributed by atoms with E-state index in [1.807, 2.05) is 0 Å². The maximum Gasteiger partial charge on any atom is 0.0107 e. The van der Waals surface area contributed by atoms with Crippen LogP contribution in [0.1, 0.15) is 97.3 Å². The molecule has 0 nitrogen and oxygen atoms in total. The molecule has 2 fully saturated rings. The number of alkyl halides is 1. The van der Waals surface area contributed by atoms with E-state index in [0.717, 1.165) is 27.6 Å². The summed E-state index contributed by atoms with van der Waals surface area (Å²) in [5, 5.41) is 0. The van der Waals surface area contributed by atoms with Crippen molar-refractivity contribution in [2.45, 2.75) is 101 Å². The highest BCUT2D eigenvalue weighted by Gasteiger charge is 2.30. The fraction of sp³-hybridized carbons (Fsp3) is 1.00. The van der Waals surface area contributed by atoms with Gasteiger partial charge in [-0.05, 0) is 68.6 Å². The molecule has 1 heteroatoms. The summed E-state index contributed by atoms with van der Waals surface area (Å²) >= 11 is 2.65. The molecule has 0 aromatic carbocycles. The Balaban J connectivity index is 1.63. The molecule has 0 aromatic heterocycles. The van der Waals surface area contributed by atoms with Gasteiger partial charge in [0, 0.05) is 3.92 Å². The summed E-state index contributed by atoms with van der Waals surface area (Å²) in [5.41, 5.74) is 0. The van der Waals surface area contributed by atoms with Crippen LogP contribution in [0.3, 0.4) is 0 Å². The largest absolute Gasteiger partial charge is 0.0826 e. The molecule has 0 aromatic rings. The molecule has 2 rings (SSSR count). The van der Waals surface area contributed by atoms with Crippen LogP contribution in [0.5, 0.6) is 0 Å². The predicted molar refractivity (Wildman–Crippen MR) is 103 cm³/mol. The standard InChI is InChI=1S/C20H37I/c1-3-5-16-6-11-18(12-7-16)19-13-8-17(9-14-19)10-15-20(21)4-2/h16-20H,3-15H2,1-2H3. The molecule has 21 heavy (non-hydrogen) atoms. The van der Waals surface area contributed by atoms with Crippen LogP contribution in [-0.4, -0.2) is 3.92 Å². The fourth-order valence-electron chi connectivity index (χ4n) is 4.93. The highest BCUT2D eigenvalue weighted by Crippen LogP contribution is 2.43. The molecular formula is C20H37I. The number of rotatable bonds is 7. The lowest BCUT2D eigenvalue weighted by Gasteiger charge is -2.38. The Morgan fingerprint density at radius 1 is 0.762 bits per heavy atom. The Morgan fingerprint density at radius 2 is 1.24 bits per heavy atom. The first-order chi connectivity index (χ1) is 10.2. The van der Waals surface area contributed by atoms with Gasteiger partial charge < -0.3 is 0 Å². The molecule has 2 aliphatic carbocycles. The molecule has 0 spiro atoms. The number of hydrogen-bond acceptors (Lipinski definition) is 0. The average molecular weight is 404 g/mol.